The third kappa shape index (κ3) is 4.85. The molecule has 3 rings (SSSR count). The van der Waals surface area contributed by atoms with Gasteiger partial charge in [0.05, 0.1) is 30.9 Å². The number of rotatable bonds is 7. The Bertz CT molecular complexity index is 1030. The predicted molar refractivity (Wildman–Crippen MR) is 110 cm³/mol. The molecule has 0 radical (unpaired) electrons. The van der Waals surface area contributed by atoms with E-state index in [1.165, 1.54) is 19.2 Å². The van der Waals surface area contributed by atoms with Crippen LogP contribution in [0.4, 0.5) is 5.69 Å². The lowest BCUT2D eigenvalue weighted by Crippen LogP contribution is -2.14. The number of nitrogens with zero attached hydrogens (tertiary/aromatic N) is 1. The molecule has 6 nitrogen and oxygen atoms in total. The summed E-state index contributed by atoms with van der Waals surface area (Å²) in [6.45, 7) is 2.17. The molecule has 0 heterocycles. The van der Waals surface area contributed by atoms with E-state index in [1.54, 1.807) is 24.3 Å². The normalized spacial score (nSPS) is 9.97. The molecule has 0 aliphatic rings. The molecule has 0 atom stereocenters. The molecule has 146 valence electrons. The van der Waals surface area contributed by atoms with Gasteiger partial charge in [-0.3, -0.25) is 4.79 Å². The van der Waals surface area contributed by atoms with Crippen LogP contribution in [-0.4, -0.2) is 19.6 Å². The van der Waals surface area contributed by atoms with Crippen LogP contribution < -0.4 is 19.5 Å². The Morgan fingerprint density at radius 2 is 1.72 bits per heavy atom. The molecular weight excluding hydrogens is 368 g/mol. The molecule has 0 aliphatic heterocycles. The topological polar surface area (TPSA) is 80.6 Å². The van der Waals surface area contributed by atoms with Crippen LogP contribution in [0.3, 0.4) is 0 Å². The van der Waals surface area contributed by atoms with Gasteiger partial charge in [0, 0.05) is 11.8 Å². The third-order valence-corrected chi connectivity index (χ3v) is 4.03. The Morgan fingerprint density at radius 1 is 1.03 bits per heavy atom. The standard InChI is InChI=1S/C23H20N2O4/c1-3-28-22-20(13-16(15-24)14-21(22)27-2)23(26)25-17-9-11-19(12-10-17)29-18-7-5-4-6-8-18/h4-14H,3H2,1-2H3,(H,25,26). The first-order chi connectivity index (χ1) is 14.1. The molecule has 0 unspecified atom stereocenters. The zero-order valence-electron chi connectivity index (χ0n) is 16.1. The second-order valence-electron chi connectivity index (χ2n) is 5.99. The molecule has 0 aromatic heterocycles. The summed E-state index contributed by atoms with van der Waals surface area (Å²) in [7, 11) is 1.46. The van der Waals surface area contributed by atoms with Gasteiger partial charge in [0.1, 0.15) is 11.5 Å². The molecule has 29 heavy (non-hydrogen) atoms. The van der Waals surface area contributed by atoms with Crippen LogP contribution in [0.1, 0.15) is 22.8 Å². The second kappa shape index (κ2) is 9.29. The van der Waals surface area contributed by atoms with E-state index in [-0.39, 0.29) is 5.56 Å². The van der Waals surface area contributed by atoms with Crippen LogP contribution in [0.5, 0.6) is 23.0 Å². The number of hydrogen-bond acceptors (Lipinski definition) is 5. The number of amides is 1. The van der Waals surface area contributed by atoms with E-state index in [4.69, 9.17) is 14.2 Å². The number of anilines is 1. The van der Waals surface area contributed by atoms with Crippen molar-refractivity contribution in [2.45, 2.75) is 6.92 Å². The van der Waals surface area contributed by atoms with Gasteiger partial charge in [-0.1, -0.05) is 18.2 Å². The van der Waals surface area contributed by atoms with E-state index in [2.05, 4.69) is 5.32 Å². The summed E-state index contributed by atoms with van der Waals surface area (Å²) in [6, 6.07) is 21.5. The van der Waals surface area contributed by atoms with Gasteiger partial charge >= 0.3 is 0 Å². The molecule has 0 saturated carbocycles. The van der Waals surface area contributed by atoms with Crippen molar-refractivity contribution >= 4 is 11.6 Å². The third-order valence-electron chi connectivity index (χ3n) is 4.03. The monoisotopic (exact) mass is 388 g/mol. The van der Waals surface area contributed by atoms with Gasteiger partial charge in [-0.05, 0) is 49.4 Å². The van der Waals surface area contributed by atoms with Crippen molar-refractivity contribution in [3.05, 3.63) is 77.9 Å². The lowest BCUT2D eigenvalue weighted by Gasteiger charge is -2.15. The van der Waals surface area contributed by atoms with Crippen molar-refractivity contribution in [3.8, 4) is 29.1 Å². The molecule has 3 aromatic carbocycles. The zero-order valence-corrected chi connectivity index (χ0v) is 16.1. The number of methoxy groups -OCH3 is 1. The number of benzene rings is 3. The molecule has 0 saturated heterocycles. The quantitative estimate of drug-likeness (QED) is 0.615. The fraction of sp³-hybridized carbons (Fsp3) is 0.130. The predicted octanol–water partition coefficient (Wildman–Crippen LogP) is 5.01. The molecule has 0 spiro atoms. The number of nitrogens with one attached hydrogen (secondary N) is 1. The van der Waals surface area contributed by atoms with Gasteiger partial charge in [0.25, 0.3) is 5.91 Å². The highest BCUT2D eigenvalue weighted by molar-refractivity contribution is 6.07. The number of carbonyl (C=O) groups is 1. The smallest absolute Gasteiger partial charge is 0.259 e. The van der Waals surface area contributed by atoms with E-state index in [0.29, 0.717) is 35.1 Å². The van der Waals surface area contributed by atoms with Crippen LogP contribution in [0.15, 0.2) is 66.7 Å². The number of nitriles is 1. The molecular formula is C23H20N2O4. The van der Waals surface area contributed by atoms with Crippen LogP contribution in [0.25, 0.3) is 0 Å². The fourth-order valence-electron chi connectivity index (χ4n) is 2.71. The van der Waals surface area contributed by atoms with Crippen LogP contribution >= 0.6 is 0 Å². The number of ether oxygens (including phenoxy) is 3. The minimum atomic E-state index is -0.402. The Hall–Kier alpha value is -3.98. The molecule has 1 N–H and O–H groups in total. The Labute approximate surface area is 169 Å². The number of hydrogen-bond donors (Lipinski definition) is 1. The molecule has 0 fully saturated rings. The summed E-state index contributed by atoms with van der Waals surface area (Å²) in [5.41, 5.74) is 1.12. The highest BCUT2D eigenvalue weighted by Gasteiger charge is 2.19. The minimum absolute atomic E-state index is 0.229. The molecule has 1 amide bonds. The summed E-state index contributed by atoms with van der Waals surface area (Å²) in [5.74, 6) is 1.61. The Balaban J connectivity index is 1.80. The van der Waals surface area contributed by atoms with Crippen molar-refractivity contribution in [1.82, 2.24) is 0 Å². The first kappa shape index (κ1) is 19.8. The SMILES string of the molecule is CCOc1c(OC)cc(C#N)cc1C(=O)Nc1ccc(Oc2ccccc2)cc1. The highest BCUT2D eigenvalue weighted by Crippen LogP contribution is 2.33. The average Bonchev–Trinajstić information content (AvgIpc) is 2.76. The minimum Gasteiger partial charge on any atom is -0.493 e. The van der Waals surface area contributed by atoms with Gasteiger partial charge in [0.15, 0.2) is 11.5 Å². The fourth-order valence-corrected chi connectivity index (χ4v) is 2.71. The molecule has 6 heteroatoms. The van der Waals surface area contributed by atoms with Gasteiger partial charge in [-0.15, -0.1) is 0 Å². The van der Waals surface area contributed by atoms with Crippen LogP contribution in [0.2, 0.25) is 0 Å². The highest BCUT2D eigenvalue weighted by atomic mass is 16.5. The lowest BCUT2D eigenvalue weighted by molar-refractivity contribution is 0.102. The van der Waals surface area contributed by atoms with Crippen molar-refractivity contribution in [2.75, 3.05) is 19.0 Å². The van der Waals surface area contributed by atoms with Crippen molar-refractivity contribution < 1.29 is 19.0 Å². The maximum Gasteiger partial charge on any atom is 0.259 e. The van der Waals surface area contributed by atoms with Gasteiger partial charge in [0.2, 0.25) is 0 Å². The van der Waals surface area contributed by atoms with Gasteiger partial charge in [-0.25, -0.2) is 0 Å². The average molecular weight is 388 g/mol. The van der Waals surface area contributed by atoms with E-state index in [1.807, 2.05) is 43.3 Å². The van der Waals surface area contributed by atoms with E-state index >= 15 is 0 Å². The largest absolute Gasteiger partial charge is 0.493 e. The summed E-state index contributed by atoms with van der Waals surface area (Å²) in [6.07, 6.45) is 0. The molecule has 0 bridgehead atoms. The lowest BCUT2D eigenvalue weighted by atomic mass is 10.1. The van der Waals surface area contributed by atoms with E-state index < -0.39 is 5.91 Å². The maximum absolute atomic E-state index is 12.8. The maximum atomic E-state index is 12.8. The summed E-state index contributed by atoms with van der Waals surface area (Å²) in [5, 5.41) is 12.0. The van der Waals surface area contributed by atoms with Crippen LogP contribution in [0, 0.1) is 11.3 Å². The van der Waals surface area contributed by atoms with E-state index in [0.717, 1.165) is 5.75 Å². The summed E-state index contributed by atoms with van der Waals surface area (Å²) < 4.78 is 16.6. The summed E-state index contributed by atoms with van der Waals surface area (Å²) in [4.78, 5) is 12.8. The first-order valence-electron chi connectivity index (χ1n) is 9.04. The van der Waals surface area contributed by atoms with Crippen molar-refractivity contribution in [3.63, 3.8) is 0 Å². The van der Waals surface area contributed by atoms with Gasteiger partial charge < -0.3 is 19.5 Å². The van der Waals surface area contributed by atoms with Crippen LogP contribution in [-0.2, 0) is 0 Å². The molecule has 3 aromatic rings. The van der Waals surface area contributed by atoms with Crippen molar-refractivity contribution in [1.29, 1.82) is 5.26 Å². The second-order valence-corrected chi connectivity index (χ2v) is 5.99. The molecule has 0 aliphatic carbocycles. The number of para-hydroxylation sites is 1. The zero-order chi connectivity index (χ0) is 20.6. The first-order valence-corrected chi connectivity index (χ1v) is 9.04. The van der Waals surface area contributed by atoms with Crippen molar-refractivity contribution in [2.24, 2.45) is 0 Å². The van der Waals surface area contributed by atoms with Gasteiger partial charge in [-0.2, -0.15) is 5.26 Å². The summed E-state index contributed by atoms with van der Waals surface area (Å²) >= 11 is 0. The Morgan fingerprint density at radius 3 is 2.34 bits per heavy atom. The Kier molecular flexibility index (Phi) is 6.33. The van der Waals surface area contributed by atoms with E-state index in [9.17, 15) is 10.1 Å². The number of carbonyl (C=O) groups excluding carboxylic acids is 1.